The van der Waals surface area contributed by atoms with Crippen LogP contribution < -0.4 is 0 Å². The lowest BCUT2D eigenvalue weighted by molar-refractivity contribution is 0.313. The van der Waals surface area contributed by atoms with Crippen LogP contribution in [0, 0.1) is 17.8 Å². The summed E-state index contributed by atoms with van der Waals surface area (Å²) in [6.07, 6.45) is 14.0. The molecule has 0 heterocycles. The molecule has 0 aromatic rings. The molecule has 2 nitrogen and oxygen atoms in total. The highest BCUT2D eigenvalue weighted by Crippen LogP contribution is 2.22. The molecule has 1 unspecified atom stereocenters. The Bertz CT molecular complexity index is 311. The van der Waals surface area contributed by atoms with Crippen molar-refractivity contribution in [3.63, 3.8) is 0 Å². The van der Waals surface area contributed by atoms with Crippen LogP contribution >= 0.6 is 0 Å². The number of aliphatic hydroxyl groups excluding tert-OH is 1. The topological polar surface area (TPSA) is 23.5 Å². The average molecular weight is 340 g/mol. The van der Waals surface area contributed by atoms with E-state index in [9.17, 15) is 0 Å². The van der Waals surface area contributed by atoms with Crippen LogP contribution in [0.5, 0.6) is 0 Å². The van der Waals surface area contributed by atoms with Gasteiger partial charge in [-0.2, -0.15) is 0 Å². The number of nitrogens with zero attached hydrogens (tertiary/aromatic N) is 1. The number of allylic oxidation sites excluding steroid dienone is 1. The van der Waals surface area contributed by atoms with E-state index in [0.717, 1.165) is 24.2 Å². The van der Waals surface area contributed by atoms with E-state index in [0.29, 0.717) is 0 Å². The molecular weight excluding hydrogens is 294 g/mol. The molecule has 0 aliphatic carbocycles. The summed E-state index contributed by atoms with van der Waals surface area (Å²) in [5.74, 6) is 2.56. The Balaban J connectivity index is 3.59. The van der Waals surface area contributed by atoms with Crippen LogP contribution in [0.15, 0.2) is 11.6 Å². The van der Waals surface area contributed by atoms with Crippen molar-refractivity contribution in [2.75, 3.05) is 27.2 Å². The minimum atomic E-state index is 0.188. The largest absolute Gasteiger partial charge is 0.392 e. The quantitative estimate of drug-likeness (QED) is 0.375. The standard InChI is InChI=1S/C22H45NO/c1-19(12-8-14-21(3)16-17-24)10-7-11-20(2)13-9-15-22(4)18-23(5)6/h16,19-20,22,24H,7-15,17-18H2,1-6H3/b21-16+/t19-,20+,22?/m1/s1. The summed E-state index contributed by atoms with van der Waals surface area (Å²) < 4.78 is 0. The van der Waals surface area contributed by atoms with E-state index in [4.69, 9.17) is 5.11 Å². The molecule has 0 spiro atoms. The van der Waals surface area contributed by atoms with Crippen LogP contribution in [0.1, 0.15) is 85.5 Å². The molecule has 3 atom stereocenters. The summed E-state index contributed by atoms with van der Waals surface area (Å²) >= 11 is 0. The second-order valence-electron chi connectivity index (χ2n) is 8.56. The van der Waals surface area contributed by atoms with Crippen molar-refractivity contribution in [2.24, 2.45) is 17.8 Å². The summed E-state index contributed by atoms with van der Waals surface area (Å²) in [5.41, 5.74) is 1.34. The molecule has 2 heteroatoms. The van der Waals surface area contributed by atoms with E-state index in [1.807, 2.05) is 6.08 Å². The minimum Gasteiger partial charge on any atom is -0.392 e. The summed E-state index contributed by atoms with van der Waals surface area (Å²) in [7, 11) is 4.34. The van der Waals surface area contributed by atoms with Gasteiger partial charge in [0.2, 0.25) is 0 Å². The SMILES string of the molecule is C/C(=C\CO)CCC[C@H](C)CCC[C@H](C)CCCC(C)CN(C)C. The van der Waals surface area contributed by atoms with Crippen LogP contribution in [-0.4, -0.2) is 37.3 Å². The Morgan fingerprint density at radius 2 is 1.29 bits per heavy atom. The van der Waals surface area contributed by atoms with Crippen molar-refractivity contribution >= 4 is 0 Å². The predicted molar refractivity (Wildman–Crippen MR) is 108 cm³/mol. The maximum Gasteiger partial charge on any atom is 0.0614 e. The van der Waals surface area contributed by atoms with E-state index in [-0.39, 0.29) is 6.61 Å². The molecule has 0 aliphatic heterocycles. The van der Waals surface area contributed by atoms with Gasteiger partial charge < -0.3 is 10.0 Å². The van der Waals surface area contributed by atoms with Gasteiger partial charge in [0.15, 0.2) is 0 Å². The number of hydrogen-bond acceptors (Lipinski definition) is 2. The molecule has 0 radical (unpaired) electrons. The third-order valence-corrected chi connectivity index (χ3v) is 5.17. The summed E-state index contributed by atoms with van der Waals surface area (Å²) in [6, 6.07) is 0. The molecule has 0 aliphatic rings. The normalized spacial score (nSPS) is 16.4. The van der Waals surface area contributed by atoms with Gasteiger partial charge in [0.05, 0.1) is 6.61 Å². The average Bonchev–Trinajstić information content (AvgIpc) is 2.46. The van der Waals surface area contributed by atoms with Gasteiger partial charge in [-0.25, -0.2) is 0 Å². The van der Waals surface area contributed by atoms with Gasteiger partial charge in [-0.3, -0.25) is 0 Å². The first-order valence-corrected chi connectivity index (χ1v) is 10.3. The van der Waals surface area contributed by atoms with Gasteiger partial charge in [0.1, 0.15) is 0 Å². The van der Waals surface area contributed by atoms with Crippen LogP contribution in [0.3, 0.4) is 0 Å². The molecule has 0 aromatic heterocycles. The molecular formula is C22H45NO. The monoisotopic (exact) mass is 339 g/mol. The van der Waals surface area contributed by atoms with Crippen LogP contribution in [0.4, 0.5) is 0 Å². The van der Waals surface area contributed by atoms with E-state index in [1.54, 1.807) is 0 Å². The maximum atomic E-state index is 8.86. The van der Waals surface area contributed by atoms with E-state index < -0.39 is 0 Å². The lowest BCUT2D eigenvalue weighted by Crippen LogP contribution is -2.19. The highest BCUT2D eigenvalue weighted by molar-refractivity contribution is 4.97. The minimum absolute atomic E-state index is 0.188. The third kappa shape index (κ3) is 15.2. The molecule has 144 valence electrons. The molecule has 0 aromatic carbocycles. The molecule has 0 saturated carbocycles. The zero-order chi connectivity index (χ0) is 18.4. The molecule has 1 N–H and O–H groups in total. The molecule has 0 amide bonds. The Labute approximate surface area is 152 Å². The Kier molecular flexibility index (Phi) is 14.7. The first-order valence-electron chi connectivity index (χ1n) is 10.3. The fourth-order valence-corrected chi connectivity index (χ4v) is 3.62. The lowest BCUT2D eigenvalue weighted by atomic mass is 9.91. The number of rotatable bonds is 15. The third-order valence-electron chi connectivity index (χ3n) is 5.17. The molecule has 24 heavy (non-hydrogen) atoms. The Morgan fingerprint density at radius 3 is 1.75 bits per heavy atom. The number of aliphatic hydroxyl groups is 1. The lowest BCUT2D eigenvalue weighted by Gasteiger charge is -2.18. The van der Waals surface area contributed by atoms with Gasteiger partial charge in [0.25, 0.3) is 0 Å². The van der Waals surface area contributed by atoms with Crippen molar-refractivity contribution in [1.29, 1.82) is 0 Å². The molecule has 0 rings (SSSR count). The van der Waals surface area contributed by atoms with E-state index in [1.165, 1.54) is 63.5 Å². The van der Waals surface area contributed by atoms with Crippen molar-refractivity contribution < 1.29 is 5.11 Å². The molecule has 0 fully saturated rings. The second-order valence-corrected chi connectivity index (χ2v) is 8.56. The van der Waals surface area contributed by atoms with Crippen LogP contribution in [0.25, 0.3) is 0 Å². The number of hydrogen-bond donors (Lipinski definition) is 1. The zero-order valence-corrected chi connectivity index (χ0v) is 17.5. The first-order chi connectivity index (χ1) is 11.3. The van der Waals surface area contributed by atoms with Gasteiger partial charge in [0, 0.05) is 6.54 Å². The Hall–Kier alpha value is -0.340. The van der Waals surface area contributed by atoms with Gasteiger partial charge in [-0.15, -0.1) is 0 Å². The van der Waals surface area contributed by atoms with Crippen molar-refractivity contribution in [2.45, 2.75) is 85.5 Å². The second kappa shape index (κ2) is 15.0. The highest BCUT2D eigenvalue weighted by atomic mass is 16.2. The van der Waals surface area contributed by atoms with Gasteiger partial charge >= 0.3 is 0 Å². The maximum absolute atomic E-state index is 8.86. The summed E-state index contributed by atoms with van der Waals surface area (Å²) in [4.78, 5) is 2.30. The highest BCUT2D eigenvalue weighted by Gasteiger charge is 2.08. The van der Waals surface area contributed by atoms with Crippen molar-refractivity contribution in [3.05, 3.63) is 11.6 Å². The first kappa shape index (κ1) is 23.7. The van der Waals surface area contributed by atoms with Gasteiger partial charge in [-0.1, -0.05) is 70.9 Å². The fourth-order valence-electron chi connectivity index (χ4n) is 3.62. The Morgan fingerprint density at radius 1 is 0.833 bits per heavy atom. The molecule has 0 saturated heterocycles. The van der Waals surface area contributed by atoms with E-state index in [2.05, 4.69) is 46.7 Å². The zero-order valence-electron chi connectivity index (χ0n) is 17.5. The summed E-state index contributed by atoms with van der Waals surface area (Å²) in [6.45, 7) is 10.8. The van der Waals surface area contributed by atoms with Crippen molar-refractivity contribution in [3.8, 4) is 0 Å². The molecule has 0 bridgehead atoms. The summed E-state index contributed by atoms with van der Waals surface area (Å²) in [5, 5.41) is 8.86. The van der Waals surface area contributed by atoms with Crippen LogP contribution in [-0.2, 0) is 0 Å². The smallest absolute Gasteiger partial charge is 0.0614 e. The van der Waals surface area contributed by atoms with Gasteiger partial charge in [-0.05, 0) is 58.0 Å². The van der Waals surface area contributed by atoms with Crippen molar-refractivity contribution in [1.82, 2.24) is 4.90 Å². The van der Waals surface area contributed by atoms with Crippen LogP contribution in [0.2, 0.25) is 0 Å². The van der Waals surface area contributed by atoms with E-state index >= 15 is 0 Å². The fraction of sp³-hybridized carbons (Fsp3) is 0.909. The predicted octanol–water partition coefficient (Wildman–Crippen LogP) is 5.91.